The van der Waals surface area contributed by atoms with Gasteiger partial charge in [0.25, 0.3) is 0 Å². The van der Waals surface area contributed by atoms with E-state index in [-0.39, 0.29) is 0 Å². The molecule has 0 saturated heterocycles. The number of benzene rings is 1. The number of methoxy groups -OCH3 is 2. The molecule has 1 fully saturated rings. The average Bonchev–Trinajstić information content (AvgIpc) is 3.28. The average molecular weight is 348 g/mol. The van der Waals surface area contributed by atoms with E-state index in [0.717, 1.165) is 17.3 Å². The van der Waals surface area contributed by atoms with Crippen molar-refractivity contribution in [3.05, 3.63) is 40.6 Å². The molecule has 0 unspecified atom stereocenters. The van der Waals surface area contributed by atoms with Gasteiger partial charge in [0.2, 0.25) is 0 Å². The molecule has 1 N–H and O–H groups in total. The molecule has 1 aromatic carbocycles. The Kier molecular flexibility index (Phi) is 5.03. The van der Waals surface area contributed by atoms with E-state index in [2.05, 4.69) is 27.7 Å². The predicted molar refractivity (Wildman–Crippen MR) is 98.7 cm³/mol. The highest BCUT2D eigenvalue weighted by molar-refractivity contribution is 7.80. The minimum Gasteiger partial charge on any atom is -0.493 e. The summed E-state index contributed by atoms with van der Waals surface area (Å²) in [5, 5.41) is 6.19. The summed E-state index contributed by atoms with van der Waals surface area (Å²) in [4.78, 5) is 3.60. The fourth-order valence-electron chi connectivity index (χ4n) is 2.43. The van der Waals surface area contributed by atoms with E-state index in [1.54, 1.807) is 25.6 Å². The smallest absolute Gasteiger partial charge is 0.174 e. The topological polar surface area (TPSA) is 33.7 Å². The number of nitrogens with one attached hydrogen (secondary N) is 1. The van der Waals surface area contributed by atoms with Gasteiger partial charge in [0.15, 0.2) is 16.6 Å². The molecule has 0 atom stereocenters. The summed E-state index contributed by atoms with van der Waals surface area (Å²) in [6, 6.07) is 10.5. The number of rotatable bonds is 6. The minimum atomic E-state index is 0.553. The first-order chi connectivity index (χ1) is 11.2. The largest absolute Gasteiger partial charge is 0.493 e. The van der Waals surface area contributed by atoms with Gasteiger partial charge in [-0.15, -0.1) is 11.3 Å². The Morgan fingerprint density at radius 1 is 1.26 bits per heavy atom. The first-order valence-corrected chi connectivity index (χ1v) is 8.82. The Hall–Kier alpha value is -1.79. The van der Waals surface area contributed by atoms with Crippen molar-refractivity contribution in [2.75, 3.05) is 19.5 Å². The summed E-state index contributed by atoms with van der Waals surface area (Å²) in [5.74, 6) is 1.40. The maximum Gasteiger partial charge on any atom is 0.174 e. The van der Waals surface area contributed by atoms with Gasteiger partial charge in [0.05, 0.1) is 20.8 Å². The van der Waals surface area contributed by atoms with Crippen LogP contribution >= 0.6 is 23.6 Å². The van der Waals surface area contributed by atoms with Gasteiger partial charge in [-0.05, 0) is 48.6 Å². The molecule has 1 heterocycles. The molecule has 1 aliphatic carbocycles. The van der Waals surface area contributed by atoms with Gasteiger partial charge in [-0.3, -0.25) is 0 Å². The second kappa shape index (κ2) is 7.19. The Balaban J connectivity index is 1.71. The van der Waals surface area contributed by atoms with Crippen molar-refractivity contribution in [1.29, 1.82) is 0 Å². The highest BCUT2D eigenvalue weighted by Crippen LogP contribution is 2.32. The van der Waals surface area contributed by atoms with Crippen LogP contribution in [0.25, 0.3) is 0 Å². The zero-order valence-electron chi connectivity index (χ0n) is 13.2. The lowest BCUT2D eigenvalue weighted by atomic mass is 10.2. The van der Waals surface area contributed by atoms with Crippen LogP contribution in [0.3, 0.4) is 0 Å². The summed E-state index contributed by atoms with van der Waals surface area (Å²) < 4.78 is 10.6. The van der Waals surface area contributed by atoms with Crippen LogP contribution in [0.15, 0.2) is 35.7 Å². The first kappa shape index (κ1) is 16.1. The van der Waals surface area contributed by atoms with E-state index in [1.165, 1.54) is 17.7 Å². The van der Waals surface area contributed by atoms with Crippen molar-refractivity contribution in [2.24, 2.45) is 0 Å². The lowest BCUT2D eigenvalue weighted by Gasteiger charge is -2.25. The Morgan fingerprint density at radius 2 is 2.04 bits per heavy atom. The summed E-state index contributed by atoms with van der Waals surface area (Å²) in [5.41, 5.74) is 0.907. The van der Waals surface area contributed by atoms with Crippen molar-refractivity contribution in [2.45, 2.75) is 25.4 Å². The van der Waals surface area contributed by atoms with Crippen LogP contribution in [-0.2, 0) is 6.54 Å². The van der Waals surface area contributed by atoms with E-state index in [4.69, 9.17) is 21.7 Å². The molecule has 0 aliphatic heterocycles. The van der Waals surface area contributed by atoms with Crippen LogP contribution in [0.4, 0.5) is 5.69 Å². The van der Waals surface area contributed by atoms with Crippen LogP contribution in [0.1, 0.15) is 17.7 Å². The van der Waals surface area contributed by atoms with Crippen molar-refractivity contribution >= 4 is 34.4 Å². The Labute approximate surface area is 146 Å². The number of anilines is 1. The molecule has 6 heteroatoms. The van der Waals surface area contributed by atoms with Crippen molar-refractivity contribution < 1.29 is 9.47 Å². The third-order valence-corrected chi connectivity index (χ3v) is 4.99. The molecule has 3 rings (SSSR count). The molecule has 1 aromatic heterocycles. The van der Waals surface area contributed by atoms with Gasteiger partial charge < -0.3 is 19.7 Å². The van der Waals surface area contributed by atoms with Gasteiger partial charge in [-0.2, -0.15) is 0 Å². The van der Waals surface area contributed by atoms with Gasteiger partial charge in [-0.25, -0.2) is 0 Å². The second-order valence-corrected chi connectivity index (χ2v) is 6.86. The molecule has 1 saturated carbocycles. The lowest BCUT2D eigenvalue weighted by molar-refractivity contribution is 0.355. The van der Waals surface area contributed by atoms with E-state index in [0.29, 0.717) is 17.5 Å². The molecule has 0 spiro atoms. The van der Waals surface area contributed by atoms with Gasteiger partial charge in [0.1, 0.15) is 0 Å². The van der Waals surface area contributed by atoms with Crippen LogP contribution in [-0.4, -0.2) is 30.3 Å². The van der Waals surface area contributed by atoms with E-state index < -0.39 is 0 Å². The van der Waals surface area contributed by atoms with E-state index in [9.17, 15) is 0 Å². The molecule has 122 valence electrons. The van der Waals surface area contributed by atoms with Crippen molar-refractivity contribution in [1.82, 2.24) is 4.90 Å². The fourth-order valence-corrected chi connectivity index (χ4v) is 3.47. The van der Waals surface area contributed by atoms with Gasteiger partial charge in [0, 0.05) is 22.7 Å². The molecular formula is C17H20N2O2S2. The minimum absolute atomic E-state index is 0.553. The maximum absolute atomic E-state index is 5.63. The number of hydrogen-bond donors (Lipinski definition) is 1. The number of hydrogen-bond acceptors (Lipinski definition) is 4. The number of thiophene rings is 1. The number of thiocarbonyl (C=S) groups is 1. The Morgan fingerprint density at radius 3 is 2.65 bits per heavy atom. The lowest BCUT2D eigenvalue weighted by Crippen LogP contribution is -2.35. The first-order valence-electron chi connectivity index (χ1n) is 7.53. The third kappa shape index (κ3) is 3.95. The summed E-state index contributed by atoms with van der Waals surface area (Å²) in [6.45, 7) is 0.863. The molecule has 4 nitrogen and oxygen atoms in total. The summed E-state index contributed by atoms with van der Waals surface area (Å²) >= 11 is 7.40. The van der Waals surface area contributed by atoms with Gasteiger partial charge >= 0.3 is 0 Å². The second-order valence-electron chi connectivity index (χ2n) is 5.44. The molecule has 2 aromatic rings. The summed E-state index contributed by atoms with van der Waals surface area (Å²) in [6.07, 6.45) is 2.41. The highest BCUT2D eigenvalue weighted by Gasteiger charge is 2.31. The zero-order chi connectivity index (χ0) is 16.2. The van der Waals surface area contributed by atoms with Crippen LogP contribution < -0.4 is 14.8 Å². The van der Waals surface area contributed by atoms with Crippen molar-refractivity contribution in [3.63, 3.8) is 0 Å². The summed E-state index contributed by atoms with van der Waals surface area (Å²) in [7, 11) is 3.26. The molecule has 0 bridgehead atoms. The van der Waals surface area contributed by atoms with E-state index >= 15 is 0 Å². The van der Waals surface area contributed by atoms with Gasteiger partial charge in [-0.1, -0.05) is 6.07 Å². The SMILES string of the molecule is COc1ccc(NC(=S)N(Cc2cccs2)C2CC2)cc1OC. The van der Waals surface area contributed by atoms with Crippen LogP contribution in [0.2, 0.25) is 0 Å². The molecule has 1 aliphatic rings. The molecule has 0 radical (unpaired) electrons. The standard InChI is InChI=1S/C17H20N2O2S2/c1-20-15-8-5-12(10-16(15)21-2)18-17(22)19(13-6-7-13)11-14-4-3-9-23-14/h3-5,8-10,13H,6-7,11H2,1-2H3,(H,18,22). The highest BCUT2D eigenvalue weighted by atomic mass is 32.1. The Bertz CT molecular complexity index is 669. The monoisotopic (exact) mass is 348 g/mol. The maximum atomic E-state index is 5.63. The van der Waals surface area contributed by atoms with Crippen molar-refractivity contribution in [3.8, 4) is 11.5 Å². The van der Waals surface area contributed by atoms with Crippen LogP contribution in [0.5, 0.6) is 11.5 Å². The predicted octanol–water partition coefficient (Wildman–Crippen LogP) is 4.13. The molecular weight excluding hydrogens is 328 g/mol. The van der Waals surface area contributed by atoms with E-state index in [1.807, 2.05) is 18.2 Å². The fraction of sp³-hybridized carbons (Fsp3) is 0.353. The normalized spacial score (nSPS) is 13.5. The molecule has 0 amide bonds. The van der Waals surface area contributed by atoms with Crippen LogP contribution in [0, 0.1) is 0 Å². The third-order valence-electron chi connectivity index (χ3n) is 3.79. The zero-order valence-corrected chi connectivity index (χ0v) is 14.9. The quantitative estimate of drug-likeness (QED) is 0.794. The number of ether oxygens (including phenoxy) is 2. The molecule has 23 heavy (non-hydrogen) atoms. The number of nitrogens with zero attached hydrogens (tertiary/aromatic N) is 1.